The van der Waals surface area contributed by atoms with E-state index in [0.29, 0.717) is 12.0 Å². The Kier molecular flexibility index (Phi) is 3.61. The highest BCUT2D eigenvalue weighted by Crippen LogP contribution is 2.29. The molecule has 17 heavy (non-hydrogen) atoms. The van der Waals surface area contributed by atoms with Crippen LogP contribution in [0.2, 0.25) is 0 Å². The second-order valence-electron chi connectivity index (χ2n) is 4.07. The molecule has 0 spiro atoms. The lowest BCUT2D eigenvalue weighted by molar-refractivity contribution is 0.0577. The molecule has 90 valence electrons. The summed E-state index contributed by atoms with van der Waals surface area (Å²) >= 11 is 4.92. The molecular weight excluding hydrogens is 305 g/mol. The molecule has 2 aromatic rings. The second-order valence-corrected chi connectivity index (χ2v) is 5.99. The van der Waals surface area contributed by atoms with Crippen LogP contribution in [0.4, 0.5) is 4.39 Å². The quantitative estimate of drug-likeness (QED) is 0.940. The van der Waals surface area contributed by atoms with Crippen molar-refractivity contribution >= 4 is 27.3 Å². The number of rotatable bonds is 3. The van der Waals surface area contributed by atoms with Gasteiger partial charge in [0, 0.05) is 32.9 Å². The molecule has 0 radical (unpaired) electrons. The van der Waals surface area contributed by atoms with Crippen LogP contribution in [0.25, 0.3) is 0 Å². The van der Waals surface area contributed by atoms with Gasteiger partial charge in [-0.05, 0) is 35.0 Å². The van der Waals surface area contributed by atoms with Crippen molar-refractivity contribution in [2.45, 2.75) is 18.9 Å². The van der Waals surface area contributed by atoms with Crippen molar-refractivity contribution < 1.29 is 9.50 Å². The molecule has 0 aliphatic carbocycles. The highest BCUT2D eigenvalue weighted by Gasteiger charge is 2.25. The van der Waals surface area contributed by atoms with E-state index in [1.807, 2.05) is 11.4 Å². The maximum atomic E-state index is 13.1. The Morgan fingerprint density at radius 1 is 1.47 bits per heavy atom. The lowest BCUT2D eigenvalue weighted by Gasteiger charge is -2.22. The molecule has 0 saturated carbocycles. The Bertz CT molecular complexity index is 527. The fraction of sp³-hybridized carbons (Fsp3) is 0.250. The summed E-state index contributed by atoms with van der Waals surface area (Å²) in [6.45, 7) is 1.66. The van der Waals surface area contributed by atoms with E-state index in [1.54, 1.807) is 18.3 Å². The van der Waals surface area contributed by atoms with E-state index < -0.39 is 11.4 Å². The summed E-state index contributed by atoms with van der Waals surface area (Å²) in [4.78, 5) is 4.79. The van der Waals surface area contributed by atoms with Gasteiger partial charge in [-0.3, -0.25) is 4.98 Å². The normalized spacial score (nSPS) is 14.6. The van der Waals surface area contributed by atoms with Gasteiger partial charge in [0.1, 0.15) is 5.82 Å². The van der Waals surface area contributed by atoms with Gasteiger partial charge < -0.3 is 5.11 Å². The molecule has 1 atom stereocenters. The van der Waals surface area contributed by atoms with E-state index in [9.17, 15) is 9.50 Å². The van der Waals surface area contributed by atoms with Gasteiger partial charge in [-0.15, -0.1) is 11.3 Å². The Balaban J connectivity index is 2.24. The van der Waals surface area contributed by atoms with Crippen LogP contribution in [0.3, 0.4) is 0 Å². The highest BCUT2D eigenvalue weighted by atomic mass is 79.9. The summed E-state index contributed by atoms with van der Waals surface area (Å²) in [6.07, 6.45) is 3.06. The van der Waals surface area contributed by atoms with Crippen LogP contribution >= 0.6 is 27.3 Å². The van der Waals surface area contributed by atoms with E-state index in [-0.39, 0.29) is 0 Å². The zero-order valence-electron chi connectivity index (χ0n) is 9.15. The molecule has 1 N–H and O–H groups in total. The van der Waals surface area contributed by atoms with Gasteiger partial charge in [0.2, 0.25) is 0 Å². The molecule has 2 nitrogen and oxygen atoms in total. The van der Waals surface area contributed by atoms with E-state index in [2.05, 4.69) is 20.9 Å². The predicted octanol–water partition coefficient (Wildman–Crippen LogP) is 3.49. The lowest BCUT2D eigenvalue weighted by Crippen LogP contribution is -2.24. The monoisotopic (exact) mass is 315 g/mol. The molecule has 0 saturated heterocycles. The number of thiophene rings is 1. The highest BCUT2D eigenvalue weighted by molar-refractivity contribution is 9.10. The average Bonchev–Trinajstić information content (AvgIpc) is 2.63. The fourth-order valence-electron chi connectivity index (χ4n) is 1.59. The third-order valence-corrected chi connectivity index (χ3v) is 4.16. The van der Waals surface area contributed by atoms with Gasteiger partial charge in [-0.25, -0.2) is 4.39 Å². The van der Waals surface area contributed by atoms with E-state index in [4.69, 9.17) is 0 Å². The van der Waals surface area contributed by atoms with Crippen molar-refractivity contribution in [3.8, 4) is 0 Å². The number of nitrogens with zero attached hydrogens (tertiary/aromatic N) is 1. The van der Waals surface area contributed by atoms with Crippen LogP contribution in [0.5, 0.6) is 0 Å². The molecule has 2 heterocycles. The van der Waals surface area contributed by atoms with Gasteiger partial charge in [0.05, 0.1) is 11.8 Å². The second kappa shape index (κ2) is 4.84. The zero-order chi connectivity index (χ0) is 12.5. The van der Waals surface area contributed by atoms with Crippen molar-refractivity contribution in [2.75, 3.05) is 0 Å². The summed E-state index contributed by atoms with van der Waals surface area (Å²) in [7, 11) is 0. The Morgan fingerprint density at radius 2 is 2.24 bits per heavy atom. The standard InChI is InChI=1S/C12H11BrFNOS/c1-12(16,4-11-3-9(13)7-17-11)8-2-10(14)6-15-5-8/h2-3,5-7,16H,4H2,1H3. The van der Waals surface area contributed by atoms with Gasteiger partial charge in [0.25, 0.3) is 0 Å². The Hall–Kier alpha value is -0.780. The van der Waals surface area contributed by atoms with Gasteiger partial charge in [-0.2, -0.15) is 0 Å². The molecule has 0 aliphatic heterocycles. The summed E-state index contributed by atoms with van der Waals surface area (Å²) in [5.74, 6) is -0.435. The molecule has 0 bridgehead atoms. The number of hydrogen-bond acceptors (Lipinski definition) is 3. The summed E-state index contributed by atoms with van der Waals surface area (Å²) in [6, 6.07) is 3.27. The average molecular weight is 316 g/mol. The largest absolute Gasteiger partial charge is 0.385 e. The first-order chi connectivity index (χ1) is 7.97. The summed E-state index contributed by atoms with van der Waals surface area (Å²) < 4.78 is 14.1. The van der Waals surface area contributed by atoms with Gasteiger partial charge in [0.15, 0.2) is 0 Å². The molecular formula is C12H11BrFNOS. The minimum atomic E-state index is -1.11. The smallest absolute Gasteiger partial charge is 0.141 e. The van der Waals surface area contributed by atoms with Crippen LogP contribution in [0, 0.1) is 5.82 Å². The first-order valence-electron chi connectivity index (χ1n) is 5.04. The number of aromatic nitrogens is 1. The number of halogens is 2. The zero-order valence-corrected chi connectivity index (χ0v) is 11.6. The fourth-order valence-corrected chi connectivity index (χ4v) is 3.19. The molecule has 0 amide bonds. The van der Waals surface area contributed by atoms with Crippen molar-refractivity contribution in [2.24, 2.45) is 0 Å². The van der Waals surface area contributed by atoms with Crippen molar-refractivity contribution in [1.82, 2.24) is 4.98 Å². The first kappa shape index (κ1) is 12.7. The molecule has 0 aliphatic rings. The third kappa shape index (κ3) is 3.12. The number of aliphatic hydroxyl groups is 1. The molecule has 2 rings (SSSR count). The molecule has 2 aromatic heterocycles. The number of hydrogen-bond donors (Lipinski definition) is 1. The lowest BCUT2D eigenvalue weighted by atomic mass is 9.93. The summed E-state index contributed by atoms with van der Waals surface area (Å²) in [5, 5.41) is 12.3. The van der Waals surface area contributed by atoms with Crippen LogP contribution in [-0.2, 0) is 12.0 Å². The van der Waals surface area contributed by atoms with Crippen LogP contribution < -0.4 is 0 Å². The molecule has 0 aromatic carbocycles. The Labute approximate surface area is 111 Å². The SMILES string of the molecule is CC(O)(Cc1cc(Br)cs1)c1cncc(F)c1. The van der Waals surface area contributed by atoms with Gasteiger partial charge >= 0.3 is 0 Å². The molecule has 5 heteroatoms. The van der Waals surface area contributed by atoms with E-state index in [1.165, 1.54) is 12.3 Å². The minimum absolute atomic E-state index is 0.435. The molecule has 1 unspecified atom stereocenters. The maximum absolute atomic E-state index is 13.1. The van der Waals surface area contributed by atoms with Crippen LogP contribution in [-0.4, -0.2) is 10.1 Å². The predicted molar refractivity (Wildman–Crippen MR) is 69.5 cm³/mol. The third-order valence-electron chi connectivity index (χ3n) is 2.47. The van der Waals surface area contributed by atoms with E-state index >= 15 is 0 Å². The maximum Gasteiger partial charge on any atom is 0.141 e. The van der Waals surface area contributed by atoms with Gasteiger partial charge in [-0.1, -0.05) is 0 Å². The van der Waals surface area contributed by atoms with Crippen LogP contribution in [0.15, 0.2) is 34.4 Å². The minimum Gasteiger partial charge on any atom is -0.385 e. The molecule has 0 fully saturated rings. The summed E-state index contributed by atoms with van der Waals surface area (Å²) in [5.41, 5.74) is -0.624. The Morgan fingerprint density at radius 3 is 2.82 bits per heavy atom. The van der Waals surface area contributed by atoms with Crippen molar-refractivity contribution in [3.05, 3.63) is 50.6 Å². The van der Waals surface area contributed by atoms with E-state index in [0.717, 1.165) is 15.5 Å². The van der Waals surface area contributed by atoms with Crippen molar-refractivity contribution in [3.63, 3.8) is 0 Å². The number of pyridine rings is 1. The van der Waals surface area contributed by atoms with Crippen molar-refractivity contribution in [1.29, 1.82) is 0 Å². The topological polar surface area (TPSA) is 33.1 Å². The first-order valence-corrected chi connectivity index (χ1v) is 6.71. The van der Waals surface area contributed by atoms with Crippen LogP contribution in [0.1, 0.15) is 17.4 Å².